The molecule has 0 bridgehead atoms. The monoisotopic (exact) mass is 297 g/mol. The summed E-state index contributed by atoms with van der Waals surface area (Å²) in [4.78, 5) is 12.1. The first-order valence-corrected chi connectivity index (χ1v) is 7.35. The quantitative estimate of drug-likeness (QED) is 0.780. The van der Waals surface area contributed by atoms with Gasteiger partial charge in [-0.25, -0.2) is 0 Å². The van der Waals surface area contributed by atoms with Crippen LogP contribution < -0.4 is 5.32 Å². The van der Waals surface area contributed by atoms with E-state index in [-0.39, 0.29) is 5.91 Å². The van der Waals surface area contributed by atoms with Crippen LogP contribution in [0.1, 0.15) is 36.5 Å². The van der Waals surface area contributed by atoms with Crippen LogP contribution in [-0.4, -0.2) is 5.91 Å². The lowest BCUT2D eigenvalue weighted by Crippen LogP contribution is -2.03. The average molecular weight is 298 g/mol. The third-order valence-electron chi connectivity index (χ3n) is 3.68. The van der Waals surface area contributed by atoms with Gasteiger partial charge < -0.3 is 5.32 Å². The maximum atomic E-state index is 12.1. The van der Waals surface area contributed by atoms with Crippen molar-refractivity contribution in [3.05, 3.63) is 64.2 Å². The van der Waals surface area contributed by atoms with Crippen molar-refractivity contribution in [3.8, 4) is 0 Å². The Bertz CT molecular complexity index is 729. The van der Waals surface area contributed by atoms with Crippen molar-refractivity contribution in [2.24, 2.45) is 0 Å². The van der Waals surface area contributed by atoms with Gasteiger partial charge in [0.2, 0.25) is 0 Å². The molecule has 3 rings (SSSR count). The van der Waals surface area contributed by atoms with Crippen LogP contribution in [-0.2, 0) is 4.79 Å². The number of carbonyl (C=O) groups is 1. The Morgan fingerprint density at radius 2 is 1.81 bits per heavy atom. The van der Waals surface area contributed by atoms with Crippen molar-refractivity contribution in [2.75, 3.05) is 5.32 Å². The third-order valence-corrected chi connectivity index (χ3v) is 3.91. The van der Waals surface area contributed by atoms with E-state index in [1.807, 2.05) is 24.3 Å². The minimum atomic E-state index is -0.0831. The van der Waals surface area contributed by atoms with Crippen molar-refractivity contribution in [3.63, 3.8) is 0 Å². The second kappa shape index (κ2) is 5.38. The average Bonchev–Trinajstić information content (AvgIpc) is 2.75. The van der Waals surface area contributed by atoms with E-state index >= 15 is 0 Å². The number of carbonyl (C=O) groups excluding carboxylic acids is 1. The summed E-state index contributed by atoms with van der Waals surface area (Å²) in [7, 11) is 0. The highest BCUT2D eigenvalue weighted by Gasteiger charge is 2.23. The molecule has 2 nitrogen and oxygen atoms in total. The minimum absolute atomic E-state index is 0.0831. The standard InChI is InChI=1S/C18H16ClNO/c1-11(2)13-5-3-12(4-6-13)9-16-15-8-7-14(19)10-17(15)20-18(16)21/h3-11H,1-2H3,(H,20,21)/b16-9-. The number of halogens is 1. The molecule has 1 heterocycles. The van der Waals surface area contributed by atoms with Crippen LogP contribution in [0, 0.1) is 0 Å². The van der Waals surface area contributed by atoms with Gasteiger partial charge in [-0.3, -0.25) is 4.79 Å². The molecular weight excluding hydrogens is 282 g/mol. The van der Waals surface area contributed by atoms with Crippen LogP contribution in [0.25, 0.3) is 11.6 Å². The smallest absolute Gasteiger partial charge is 0.256 e. The number of amides is 1. The lowest BCUT2D eigenvalue weighted by Gasteiger charge is -2.05. The Balaban J connectivity index is 1.98. The van der Waals surface area contributed by atoms with Crippen molar-refractivity contribution < 1.29 is 4.79 Å². The predicted octanol–water partition coefficient (Wildman–Crippen LogP) is 4.96. The highest BCUT2D eigenvalue weighted by Crippen LogP contribution is 2.34. The van der Waals surface area contributed by atoms with E-state index in [0.717, 1.165) is 16.8 Å². The van der Waals surface area contributed by atoms with Gasteiger partial charge in [-0.05, 0) is 35.3 Å². The molecule has 1 amide bonds. The van der Waals surface area contributed by atoms with Crippen molar-refractivity contribution in [2.45, 2.75) is 19.8 Å². The molecule has 1 aliphatic rings. The fourth-order valence-electron chi connectivity index (χ4n) is 2.45. The minimum Gasteiger partial charge on any atom is -0.321 e. The summed E-state index contributed by atoms with van der Waals surface area (Å²) in [6.07, 6.45) is 1.92. The zero-order valence-electron chi connectivity index (χ0n) is 12.0. The van der Waals surface area contributed by atoms with Gasteiger partial charge in [0.15, 0.2) is 0 Å². The molecule has 0 unspecified atom stereocenters. The largest absolute Gasteiger partial charge is 0.321 e. The van der Waals surface area contributed by atoms with E-state index in [2.05, 4.69) is 31.3 Å². The van der Waals surface area contributed by atoms with E-state index in [1.165, 1.54) is 5.56 Å². The molecule has 0 saturated heterocycles. The van der Waals surface area contributed by atoms with E-state index in [0.29, 0.717) is 16.5 Å². The van der Waals surface area contributed by atoms with Gasteiger partial charge in [-0.15, -0.1) is 0 Å². The molecule has 1 aliphatic heterocycles. The molecule has 21 heavy (non-hydrogen) atoms. The van der Waals surface area contributed by atoms with Gasteiger partial charge in [-0.2, -0.15) is 0 Å². The van der Waals surface area contributed by atoms with Crippen LogP contribution in [0.2, 0.25) is 5.02 Å². The van der Waals surface area contributed by atoms with Crippen molar-refractivity contribution >= 4 is 34.8 Å². The molecule has 3 heteroatoms. The number of anilines is 1. The Morgan fingerprint density at radius 1 is 1.10 bits per heavy atom. The molecule has 0 aliphatic carbocycles. The predicted molar refractivity (Wildman–Crippen MR) is 88.5 cm³/mol. The molecule has 106 valence electrons. The fourth-order valence-corrected chi connectivity index (χ4v) is 2.63. The summed E-state index contributed by atoms with van der Waals surface area (Å²) in [5.41, 5.74) is 4.67. The van der Waals surface area contributed by atoms with E-state index < -0.39 is 0 Å². The number of nitrogens with one attached hydrogen (secondary N) is 1. The fraction of sp³-hybridized carbons (Fsp3) is 0.167. The summed E-state index contributed by atoms with van der Waals surface area (Å²) in [6.45, 7) is 4.33. The van der Waals surface area contributed by atoms with E-state index in [1.54, 1.807) is 12.1 Å². The Hall–Kier alpha value is -2.06. The van der Waals surface area contributed by atoms with Gasteiger partial charge in [0.05, 0.1) is 5.69 Å². The Morgan fingerprint density at radius 3 is 2.48 bits per heavy atom. The number of fused-ring (bicyclic) bond motifs is 1. The van der Waals surface area contributed by atoms with Crippen molar-refractivity contribution in [1.82, 2.24) is 0 Å². The van der Waals surface area contributed by atoms with Gasteiger partial charge in [-0.1, -0.05) is 55.8 Å². The molecule has 2 aromatic carbocycles. The SMILES string of the molecule is CC(C)c1ccc(/C=C2\C(=O)Nc3cc(Cl)ccc32)cc1. The van der Waals surface area contributed by atoms with Crippen LogP contribution in [0.4, 0.5) is 5.69 Å². The number of rotatable bonds is 2. The van der Waals surface area contributed by atoms with Gasteiger partial charge in [0.25, 0.3) is 5.91 Å². The lowest BCUT2D eigenvalue weighted by molar-refractivity contribution is -0.110. The molecule has 0 spiro atoms. The van der Waals surface area contributed by atoms with E-state index in [9.17, 15) is 4.79 Å². The number of benzene rings is 2. The second-order valence-electron chi connectivity index (χ2n) is 5.52. The third kappa shape index (κ3) is 2.72. The highest BCUT2D eigenvalue weighted by atomic mass is 35.5. The summed E-state index contributed by atoms with van der Waals surface area (Å²) in [5, 5.41) is 3.47. The zero-order valence-corrected chi connectivity index (χ0v) is 12.7. The molecule has 0 aromatic heterocycles. The molecule has 0 saturated carbocycles. The zero-order chi connectivity index (χ0) is 15.0. The maximum Gasteiger partial charge on any atom is 0.256 e. The topological polar surface area (TPSA) is 29.1 Å². The number of hydrogen-bond donors (Lipinski definition) is 1. The second-order valence-corrected chi connectivity index (χ2v) is 5.96. The Labute approximate surface area is 129 Å². The molecular formula is C18H16ClNO. The van der Waals surface area contributed by atoms with E-state index in [4.69, 9.17) is 11.6 Å². The van der Waals surface area contributed by atoms with Crippen LogP contribution in [0.3, 0.4) is 0 Å². The van der Waals surface area contributed by atoms with Crippen LogP contribution in [0.5, 0.6) is 0 Å². The summed E-state index contributed by atoms with van der Waals surface area (Å²) < 4.78 is 0. The Kier molecular flexibility index (Phi) is 3.56. The molecule has 0 fully saturated rings. The van der Waals surface area contributed by atoms with Gasteiger partial charge in [0.1, 0.15) is 0 Å². The summed E-state index contributed by atoms with van der Waals surface area (Å²) in [6, 6.07) is 13.8. The summed E-state index contributed by atoms with van der Waals surface area (Å²) in [5.74, 6) is 0.421. The highest BCUT2D eigenvalue weighted by molar-refractivity contribution is 6.36. The number of hydrogen-bond acceptors (Lipinski definition) is 1. The van der Waals surface area contributed by atoms with Crippen LogP contribution >= 0.6 is 11.6 Å². The first-order valence-electron chi connectivity index (χ1n) is 6.97. The molecule has 2 aromatic rings. The maximum absolute atomic E-state index is 12.1. The molecule has 0 atom stereocenters. The first kappa shape index (κ1) is 13.9. The molecule has 1 N–H and O–H groups in total. The van der Waals surface area contributed by atoms with Crippen LogP contribution in [0.15, 0.2) is 42.5 Å². The van der Waals surface area contributed by atoms with Crippen molar-refractivity contribution in [1.29, 1.82) is 0 Å². The normalized spacial score (nSPS) is 15.4. The molecule has 0 radical (unpaired) electrons. The first-order chi connectivity index (χ1) is 10.0. The van der Waals surface area contributed by atoms with Gasteiger partial charge >= 0.3 is 0 Å². The lowest BCUT2D eigenvalue weighted by atomic mass is 9.99. The van der Waals surface area contributed by atoms with Gasteiger partial charge in [0, 0.05) is 16.2 Å². The summed E-state index contributed by atoms with van der Waals surface area (Å²) >= 11 is 5.96.